The molecule has 1 aliphatic heterocycles. The van der Waals surface area contributed by atoms with E-state index in [1.807, 2.05) is 4.90 Å². The molecule has 0 saturated carbocycles. The molecule has 1 fully saturated rings. The number of nitrogens with zero attached hydrogens (tertiary/aromatic N) is 2. The minimum absolute atomic E-state index is 0.0422. The molecule has 0 radical (unpaired) electrons. The molecule has 2 aromatic rings. The van der Waals surface area contributed by atoms with Crippen molar-refractivity contribution in [2.45, 2.75) is 59.1 Å². The number of amides is 1. The molecular weight excluding hydrogens is 390 g/mol. The fourth-order valence-electron chi connectivity index (χ4n) is 3.77. The molecule has 3 rings (SSSR count). The second-order valence-corrected chi connectivity index (χ2v) is 10.3. The number of hydrogen-bond donors (Lipinski definition) is 1. The summed E-state index contributed by atoms with van der Waals surface area (Å²) < 4.78 is 0. The lowest BCUT2D eigenvalue weighted by molar-refractivity contribution is -0.130. The maximum absolute atomic E-state index is 12.7. The van der Waals surface area contributed by atoms with Gasteiger partial charge in [0.2, 0.25) is 5.91 Å². The molecule has 2 atom stereocenters. The molecule has 1 amide bonds. The van der Waals surface area contributed by atoms with Crippen LogP contribution in [0, 0.1) is 18.8 Å². The number of H-pyrrole nitrogens is 1. The molecule has 0 aromatic carbocycles. The van der Waals surface area contributed by atoms with Gasteiger partial charge in [0.1, 0.15) is 10.7 Å². The molecule has 0 spiro atoms. The molecule has 1 N–H and O–H groups in total. The van der Waals surface area contributed by atoms with Crippen molar-refractivity contribution in [2.24, 2.45) is 11.8 Å². The number of thiophene rings is 1. The third kappa shape index (κ3) is 4.98. The van der Waals surface area contributed by atoms with E-state index >= 15 is 0 Å². The summed E-state index contributed by atoms with van der Waals surface area (Å²) in [5.74, 6) is 3.00. The van der Waals surface area contributed by atoms with Gasteiger partial charge < -0.3 is 9.88 Å². The SMILES string of the molecule is CC[C@@H](C)Cc1c(C)sc2nc(CSCC(=O)N3CCC[C@@H](C)C3)[nH]c(=O)c12. The van der Waals surface area contributed by atoms with Crippen LogP contribution in [0.15, 0.2) is 4.79 Å². The summed E-state index contributed by atoms with van der Waals surface area (Å²) in [4.78, 5) is 36.7. The number of carbonyl (C=O) groups excluding carboxylic acids is 1. The van der Waals surface area contributed by atoms with Crippen molar-refractivity contribution in [1.82, 2.24) is 14.9 Å². The number of fused-ring (bicyclic) bond motifs is 1. The van der Waals surface area contributed by atoms with Crippen LogP contribution in [0.3, 0.4) is 0 Å². The van der Waals surface area contributed by atoms with Gasteiger partial charge in [-0.2, -0.15) is 0 Å². The molecule has 7 heteroatoms. The zero-order valence-electron chi connectivity index (χ0n) is 17.3. The smallest absolute Gasteiger partial charge is 0.259 e. The number of aryl methyl sites for hydroxylation is 1. The first-order valence-corrected chi connectivity index (χ1v) is 12.2. The summed E-state index contributed by atoms with van der Waals surface area (Å²) in [5.41, 5.74) is 1.11. The van der Waals surface area contributed by atoms with E-state index in [1.165, 1.54) is 23.1 Å². The Hall–Kier alpha value is -1.34. The zero-order valence-corrected chi connectivity index (χ0v) is 19.0. The number of carbonyl (C=O) groups is 1. The van der Waals surface area contributed by atoms with Gasteiger partial charge in [-0.15, -0.1) is 23.1 Å². The highest BCUT2D eigenvalue weighted by Gasteiger charge is 2.21. The second kappa shape index (κ2) is 9.44. The Kier molecular flexibility index (Phi) is 7.20. The Balaban J connectivity index is 1.66. The molecule has 5 nitrogen and oxygen atoms in total. The minimum atomic E-state index is -0.0422. The number of hydrogen-bond acceptors (Lipinski definition) is 5. The van der Waals surface area contributed by atoms with Gasteiger partial charge >= 0.3 is 0 Å². The van der Waals surface area contributed by atoms with Crippen LogP contribution in [-0.4, -0.2) is 39.6 Å². The predicted octanol–water partition coefficient (Wildman–Crippen LogP) is 4.37. The Morgan fingerprint density at radius 3 is 2.96 bits per heavy atom. The van der Waals surface area contributed by atoms with Crippen LogP contribution < -0.4 is 5.56 Å². The molecule has 1 aliphatic rings. The molecular formula is C21H31N3O2S2. The standard InChI is InChI=1S/C21H31N3O2S2/c1-5-13(2)9-16-15(4)28-21-19(16)20(26)22-17(23-21)11-27-12-18(25)24-8-6-7-14(3)10-24/h13-14H,5-12H2,1-4H3,(H,22,23,26)/t13-,14-/m1/s1. The van der Waals surface area contributed by atoms with Crippen LogP contribution in [0.2, 0.25) is 0 Å². The Morgan fingerprint density at radius 2 is 2.25 bits per heavy atom. The van der Waals surface area contributed by atoms with E-state index in [1.54, 1.807) is 11.3 Å². The van der Waals surface area contributed by atoms with Gasteiger partial charge in [-0.3, -0.25) is 9.59 Å². The van der Waals surface area contributed by atoms with Crippen molar-refractivity contribution >= 4 is 39.2 Å². The number of thioether (sulfide) groups is 1. The summed E-state index contributed by atoms with van der Waals surface area (Å²) in [6.45, 7) is 10.4. The molecule has 28 heavy (non-hydrogen) atoms. The first-order chi connectivity index (χ1) is 13.4. The minimum Gasteiger partial charge on any atom is -0.342 e. The fourth-order valence-corrected chi connectivity index (χ4v) is 5.63. The average molecular weight is 422 g/mol. The molecule has 0 unspecified atom stereocenters. The molecule has 154 valence electrons. The molecule has 0 bridgehead atoms. The highest BCUT2D eigenvalue weighted by Crippen LogP contribution is 2.30. The van der Waals surface area contributed by atoms with E-state index in [9.17, 15) is 9.59 Å². The summed E-state index contributed by atoms with van der Waals surface area (Å²) in [6, 6.07) is 0. The van der Waals surface area contributed by atoms with Crippen molar-refractivity contribution < 1.29 is 4.79 Å². The van der Waals surface area contributed by atoms with Gasteiger partial charge in [-0.25, -0.2) is 4.98 Å². The van der Waals surface area contributed by atoms with Crippen LogP contribution in [0.5, 0.6) is 0 Å². The van der Waals surface area contributed by atoms with Crippen LogP contribution in [0.1, 0.15) is 56.3 Å². The van der Waals surface area contributed by atoms with Gasteiger partial charge in [0.25, 0.3) is 5.56 Å². The number of rotatable bonds is 7. The lowest BCUT2D eigenvalue weighted by atomic mass is 9.98. The van der Waals surface area contributed by atoms with E-state index in [0.29, 0.717) is 29.2 Å². The topological polar surface area (TPSA) is 66.1 Å². The Morgan fingerprint density at radius 1 is 1.46 bits per heavy atom. The molecule has 2 aromatic heterocycles. The van der Waals surface area contributed by atoms with Crippen molar-refractivity contribution in [3.05, 3.63) is 26.6 Å². The van der Waals surface area contributed by atoms with Gasteiger partial charge in [-0.05, 0) is 43.6 Å². The van der Waals surface area contributed by atoms with E-state index in [4.69, 9.17) is 0 Å². The number of likely N-dealkylation sites (tertiary alicyclic amines) is 1. The van der Waals surface area contributed by atoms with Crippen molar-refractivity contribution in [2.75, 3.05) is 18.8 Å². The number of aromatic nitrogens is 2. The first-order valence-electron chi connectivity index (χ1n) is 10.3. The average Bonchev–Trinajstić information content (AvgIpc) is 2.97. The van der Waals surface area contributed by atoms with E-state index in [0.717, 1.165) is 48.1 Å². The lowest BCUT2D eigenvalue weighted by Crippen LogP contribution is -2.40. The second-order valence-electron chi connectivity index (χ2n) is 8.13. The summed E-state index contributed by atoms with van der Waals surface area (Å²) >= 11 is 3.14. The Bertz CT molecular complexity index is 890. The normalized spacial score (nSPS) is 18.6. The first kappa shape index (κ1) is 21.4. The summed E-state index contributed by atoms with van der Waals surface area (Å²) in [7, 11) is 0. The number of nitrogens with one attached hydrogen (secondary N) is 1. The third-order valence-electron chi connectivity index (χ3n) is 5.64. The number of aromatic amines is 1. The van der Waals surface area contributed by atoms with Crippen molar-refractivity contribution in [3.8, 4) is 0 Å². The molecule has 1 saturated heterocycles. The third-order valence-corrected chi connectivity index (χ3v) is 7.61. The zero-order chi connectivity index (χ0) is 20.3. The highest BCUT2D eigenvalue weighted by atomic mass is 32.2. The van der Waals surface area contributed by atoms with E-state index in [-0.39, 0.29) is 11.5 Å². The maximum Gasteiger partial charge on any atom is 0.259 e. The molecule has 0 aliphatic carbocycles. The van der Waals surface area contributed by atoms with Crippen molar-refractivity contribution in [3.63, 3.8) is 0 Å². The van der Waals surface area contributed by atoms with Gasteiger partial charge in [0.15, 0.2) is 0 Å². The summed E-state index contributed by atoms with van der Waals surface area (Å²) in [6.07, 6.45) is 4.33. The predicted molar refractivity (Wildman–Crippen MR) is 119 cm³/mol. The quantitative estimate of drug-likeness (QED) is 0.721. The van der Waals surface area contributed by atoms with Crippen LogP contribution in [0.4, 0.5) is 0 Å². The lowest BCUT2D eigenvalue weighted by Gasteiger charge is -2.30. The monoisotopic (exact) mass is 421 g/mol. The summed E-state index contributed by atoms with van der Waals surface area (Å²) in [5, 5.41) is 0.759. The largest absolute Gasteiger partial charge is 0.342 e. The maximum atomic E-state index is 12.7. The highest BCUT2D eigenvalue weighted by molar-refractivity contribution is 7.99. The van der Waals surface area contributed by atoms with Gasteiger partial charge in [0, 0.05) is 18.0 Å². The van der Waals surface area contributed by atoms with Crippen LogP contribution in [0.25, 0.3) is 10.2 Å². The van der Waals surface area contributed by atoms with Crippen LogP contribution in [-0.2, 0) is 17.0 Å². The molecule has 3 heterocycles. The Labute approximate surface area is 175 Å². The number of piperidine rings is 1. The van der Waals surface area contributed by atoms with E-state index < -0.39 is 0 Å². The van der Waals surface area contributed by atoms with Gasteiger partial charge in [0.05, 0.1) is 16.9 Å². The van der Waals surface area contributed by atoms with Gasteiger partial charge in [-0.1, -0.05) is 27.2 Å². The van der Waals surface area contributed by atoms with Crippen molar-refractivity contribution in [1.29, 1.82) is 0 Å². The fraction of sp³-hybridized carbons (Fsp3) is 0.667. The van der Waals surface area contributed by atoms with E-state index in [2.05, 4.69) is 37.7 Å². The van der Waals surface area contributed by atoms with Crippen LogP contribution >= 0.6 is 23.1 Å².